The molecule has 0 spiro atoms. The first-order chi connectivity index (χ1) is 14.5. The highest BCUT2D eigenvalue weighted by atomic mass is 19.2. The molecule has 0 aliphatic heterocycles. The van der Waals surface area contributed by atoms with Gasteiger partial charge in [0.05, 0.1) is 0 Å². The third kappa shape index (κ3) is 3.82. The van der Waals surface area contributed by atoms with E-state index < -0.39 is 23.3 Å². The number of unbranched alkanes of at least 4 members (excludes halogenated alkanes) is 1. The summed E-state index contributed by atoms with van der Waals surface area (Å²) in [6.07, 6.45) is 3.30. The molecule has 0 bridgehead atoms. The lowest BCUT2D eigenvalue weighted by Gasteiger charge is -2.10. The number of fused-ring (bicyclic) bond motifs is 1. The van der Waals surface area contributed by atoms with Crippen molar-refractivity contribution in [2.75, 3.05) is 0 Å². The summed E-state index contributed by atoms with van der Waals surface area (Å²) in [4.78, 5) is 0. The van der Waals surface area contributed by atoms with Gasteiger partial charge >= 0.3 is 0 Å². The monoisotopic (exact) mass is 408 g/mol. The molecule has 0 aliphatic rings. The topological polar surface area (TPSA) is 0 Å². The van der Waals surface area contributed by atoms with Gasteiger partial charge in [0.1, 0.15) is 5.82 Å². The highest BCUT2D eigenvalue weighted by Crippen LogP contribution is 2.32. The van der Waals surface area contributed by atoms with Crippen molar-refractivity contribution in [3.8, 4) is 22.3 Å². The molecule has 152 valence electrons. The summed E-state index contributed by atoms with van der Waals surface area (Å²) in [6.45, 7) is 2.15. The Kier molecular flexibility index (Phi) is 5.58. The van der Waals surface area contributed by atoms with E-state index in [2.05, 4.69) is 19.1 Å². The molecule has 4 aromatic rings. The predicted octanol–water partition coefficient (Wildman–Crippen LogP) is 8.07. The van der Waals surface area contributed by atoms with Crippen LogP contribution in [0.3, 0.4) is 0 Å². The minimum atomic E-state index is -1.51. The second-order valence-electron chi connectivity index (χ2n) is 7.42. The number of hydrogen-bond acceptors (Lipinski definition) is 0. The molecule has 0 N–H and O–H groups in total. The van der Waals surface area contributed by atoms with Gasteiger partial charge in [-0.1, -0.05) is 61.9 Å². The zero-order chi connectivity index (χ0) is 21.3. The summed E-state index contributed by atoms with van der Waals surface area (Å²) in [5.41, 5.74) is 3.69. The number of halogens is 4. The minimum Gasteiger partial charge on any atom is -0.206 e. The van der Waals surface area contributed by atoms with Crippen molar-refractivity contribution in [3.05, 3.63) is 95.6 Å². The molecule has 30 heavy (non-hydrogen) atoms. The Morgan fingerprint density at radius 3 is 2.03 bits per heavy atom. The van der Waals surface area contributed by atoms with Crippen LogP contribution in [0.1, 0.15) is 25.3 Å². The van der Waals surface area contributed by atoms with E-state index in [1.54, 1.807) is 6.07 Å². The maximum Gasteiger partial charge on any atom is 0.195 e. The summed E-state index contributed by atoms with van der Waals surface area (Å²) in [5.74, 6) is -4.46. The molecule has 4 rings (SSSR count). The van der Waals surface area contributed by atoms with Crippen molar-refractivity contribution < 1.29 is 17.6 Å². The molecule has 0 atom stereocenters. The summed E-state index contributed by atoms with van der Waals surface area (Å²) < 4.78 is 55.8. The molecule has 0 unspecified atom stereocenters. The van der Waals surface area contributed by atoms with Gasteiger partial charge in [-0.05, 0) is 58.7 Å². The third-order valence-corrected chi connectivity index (χ3v) is 5.36. The molecule has 0 aliphatic carbocycles. The van der Waals surface area contributed by atoms with Crippen LogP contribution in [0, 0.1) is 23.3 Å². The SMILES string of the molecule is CCCCc1ccc(-c2ccc(-c3ccc4c(F)c(F)c(F)cc4c3)c(F)c2)cc1. The van der Waals surface area contributed by atoms with Gasteiger partial charge in [-0.15, -0.1) is 0 Å². The lowest BCUT2D eigenvalue weighted by Crippen LogP contribution is -1.93. The molecule has 4 aromatic carbocycles. The average Bonchev–Trinajstić information content (AvgIpc) is 2.76. The Hall–Kier alpha value is -3.14. The van der Waals surface area contributed by atoms with Gasteiger partial charge in [-0.3, -0.25) is 0 Å². The van der Waals surface area contributed by atoms with Gasteiger partial charge in [0.2, 0.25) is 0 Å². The fourth-order valence-electron chi connectivity index (χ4n) is 3.65. The van der Waals surface area contributed by atoms with Gasteiger partial charge in [0.15, 0.2) is 17.5 Å². The normalized spacial score (nSPS) is 11.2. The van der Waals surface area contributed by atoms with Gasteiger partial charge < -0.3 is 0 Å². The van der Waals surface area contributed by atoms with Crippen LogP contribution in [0.2, 0.25) is 0 Å². The third-order valence-electron chi connectivity index (χ3n) is 5.36. The van der Waals surface area contributed by atoms with E-state index in [9.17, 15) is 17.6 Å². The first-order valence-corrected chi connectivity index (χ1v) is 9.94. The molecule has 0 saturated carbocycles. The second kappa shape index (κ2) is 8.31. The first-order valence-electron chi connectivity index (χ1n) is 9.94. The predicted molar refractivity (Wildman–Crippen MR) is 113 cm³/mol. The number of aryl methyl sites for hydroxylation is 1. The van der Waals surface area contributed by atoms with Crippen LogP contribution in [0.5, 0.6) is 0 Å². The van der Waals surface area contributed by atoms with Crippen molar-refractivity contribution in [3.63, 3.8) is 0 Å². The molecule has 0 amide bonds. The molecule has 0 heterocycles. The summed E-state index contributed by atoms with van der Waals surface area (Å²) in [5, 5.41) is 0.132. The van der Waals surface area contributed by atoms with Crippen LogP contribution in [0.4, 0.5) is 17.6 Å². The summed E-state index contributed by atoms with van der Waals surface area (Å²) in [7, 11) is 0. The Labute approximate surface area is 172 Å². The van der Waals surface area contributed by atoms with E-state index in [0.717, 1.165) is 36.5 Å². The van der Waals surface area contributed by atoms with Crippen LogP contribution in [-0.2, 0) is 6.42 Å². The van der Waals surface area contributed by atoms with E-state index in [4.69, 9.17) is 0 Å². The van der Waals surface area contributed by atoms with Crippen molar-refractivity contribution in [2.24, 2.45) is 0 Å². The fraction of sp³-hybridized carbons (Fsp3) is 0.154. The molecule has 0 saturated heterocycles. The molecule has 0 radical (unpaired) electrons. The van der Waals surface area contributed by atoms with E-state index in [0.29, 0.717) is 11.1 Å². The van der Waals surface area contributed by atoms with Crippen molar-refractivity contribution in [1.29, 1.82) is 0 Å². The van der Waals surface area contributed by atoms with Gasteiger partial charge in [-0.2, -0.15) is 0 Å². The molecule has 0 aromatic heterocycles. The molecule has 0 nitrogen and oxygen atoms in total. The van der Waals surface area contributed by atoms with E-state index in [1.165, 1.54) is 29.8 Å². The molecular weight excluding hydrogens is 388 g/mol. The van der Waals surface area contributed by atoms with E-state index >= 15 is 0 Å². The highest BCUT2D eigenvalue weighted by molar-refractivity contribution is 5.88. The maximum absolute atomic E-state index is 14.9. The Morgan fingerprint density at radius 1 is 0.633 bits per heavy atom. The lowest BCUT2D eigenvalue weighted by molar-refractivity contribution is 0.453. The largest absolute Gasteiger partial charge is 0.206 e. The number of rotatable bonds is 5. The van der Waals surface area contributed by atoms with Crippen LogP contribution in [-0.4, -0.2) is 0 Å². The Morgan fingerprint density at radius 2 is 1.33 bits per heavy atom. The smallest absolute Gasteiger partial charge is 0.195 e. The second-order valence-corrected chi connectivity index (χ2v) is 7.42. The Bertz CT molecular complexity index is 1210. The maximum atomic E-state index is 14.9. The van der Waals surface area contributed by atoms with Gasteiger partial charge in [-0.25, -0.2) is 17.6 Å². The quantitative estimate of drug-likeness (QED) is 0.231. The van der Waals surface area contributed by atoms with Crippen LogP contribution < -0.4 is 0 Å². The van der Waals surface area contributed by atoms with Crippen molar-refractivity contribution in [2.45, 2.75) is 26.2 Å². The molecule has 0 fully saturated rings. The first kappa shape index (κ1) is 20.1. The van der Waals surface area contributed by atoms with Crippen LogP contribution >= 0.6 is 0 Å². The van der Waals surface area contributed by atoms with Gasteiger partial charge in [0.25, 0.3) is 0 Å². The van der Waals surface area contributed by atoms with Crippen LogP contribution in [0.25, 0.3) is 33.0 Å². The highest BCUT2D eigenvalue weighted by Gasteiger charge is 2.15. The number of hydrogen-bond donors (Lipinski definition) is 0. The van der Waals surface area contributed by atoms with Crippen molar-refractivity contribution in [1.82, 2.24) is 0 Å². The van der Waals surface area contributed by atoms with E-state index in [1.807, 2.05) is 18.2 Å². The zero-order valence-corrected chi connectivity index (χ0v) is 16.5. The lowest BCUT2D eigenvalue weighted by atomic mass is 9.96. The van der Waals surface area contributed by atoms with E-state index in [-0.39, 0.29) is 10.8 Å². The average molecular weight is 408 g/mol. The van der Waals surface area contributed by atoms with Crippen molar-refractivity contribution >= 4 is 10.8 Å². The van der Waals surface area contributed by atoms with Crippen LogP contribution in [0.15, 0.2) is 66.7 Å². The minimum absolute atomic E-state index is 0.0437. The summed E-state index contributed by atoms with van der Waals surface area (Å²) >= 11 is 0. The number of benzene rings is 4. The zero-order valence-electron chi connectivity index (χ0n) is 16.5. The standard InChI is InChI=1S/C26H20F4/c1-2-3-4-16-5-7-17(8-6-16)18-9-11-21(23(27)14-18)19-10-12-22-20(13-19)15-24(28)26(30)25(22)29/h5-15H,2-4H2,1H3. The molecular formula is C26H20F4. The summed E-state index contributed by atoms with van der Waals surface area (Å²) in [6, 6.07) is 18.2. The Balaban J connectivity index is 1.67. The van der Waals surface area contributed by atoms with Gasteiger partial charge in [0, 0.05) is 10.9 Å². The fourth-order valence-corrected chi connectivity index (χ4v) is 3.65. The molecule has 4 heteroatoms.